The lowest BCUT2D eigenvalue weighted by atomic mass is 9.99. The number of benzene rings is 1. The van der Waals surface area contributed by atoms with E-state index in [1.807, 2.05) is 0 Å². The van der Waals surface area contributed by atoms with Crippen LogP contribution in [0.4, 0.5) is 5.69 Å². The van der Waals surface area contributed by atoms with Crippen molar-refractivity contribution in [2.75, 3.05) is 11.6 Å². The summed E-state index contributed by atoms with van der Waals surface area (Å²) in [6.45, 7) is 2.14. The van der Waals surface area contributed by atoms with E-state index in [1.54, 1.807) is 18.2 Å². The summed E-state index contributed by atoms with van der Waals surface area (Å²) in [6.07, 6.45) is 6.25. The molecule has 19 heavy (non-hydrogen) atoms. The standard InChI is InChI=1S/C14H20ClNO2S/c1-10(11-5-3-4-6-11)16-14-9-12(19(2,17)18)7-8-13(14)15/h7-11,16H,3-6H2,1-2H3. The third-order valence-corrected chi connectivity index (χ3v) is 5.30. The maximum Gasteiger partial charge on any atom is 0.175 e. The Morgan fingerprint density at radius 1 is 1.32 bits per heavy atom. The summed E-state index contributed by atoms with van der Waals surface area (Å²) in [5.41, 5.74) is 0.712. The first kappa shape index (κ1) is 14.7. The lowest BCUT2D eigenvalue weighted by molar-refractivity contribution is 0.482. The zero-order chi connectivity index (χ0) is 14.0. The smallest absolute Gasteiger partial charge is 0.175 e. The predicted molar refractivity (Wildman–Crippen MR) is 79.6 cm³/mol. The van der Waals surface area contributed by atoms with Gasteiger partial charge < -0.3 is 5.32 Å². The monoisotopic (exact) mass is 301 g/mol. The number of halogens is 1. The molecular formula is C14H20ClNO2S. The van der Waals surface area contributed by atoms with Crippen LogP contribution >= 0.6 is 11.6 Å². The molecule has 1 fully saturated rings. The number of sulfone groups is 1. The van der Waals surface area contributed by atoms with Crippen molar-refractivity contribution in [2.45, 2.75) is 43.5 Å². The van der Waals surface area contributed by atoms with Gasteiger partial charge in [-0.15, -0.1) is 0 Å². The summed E-state index contributed by atoms with van der Waals surface area (Å²) >= 11 is 6.14. The van der Waals surface area contributed by atoms with Crippen molar-refractivity contribution in [3.63, 3.8) is 0 Å². The van der Waals surface area contributed by atoms with E-state index in [9.17, 15) is 8.42 Å². The van der Waals surface area contributed by atoms with Gasteiger partial charge in [-0.25, -0.2) is 8.42 Å². The van der Waals surface area contributed by atoms with Crippen molar-refractivity contribution in [3.8, 4) is 0 Å². The van der Waals surface area contributed by atoms with Crippen molar-refractivity contribution in [3.05, 3.63) is 23.2 Å². The molecular weight excluding hydrogens is 282 g/mol. The van der Waals surface area contributed by atoms with E-state index in [1.165, 1.54) is 31.9 Å². The van der Waals surface area contributed by atoms with Crippen LogP contribution in [0.3, 0.4) is 0 Å². The molecule has 1 aliphatic carbocycles. The number of anilines is 1. The molecule has 0 saturated heterocycles. The number of rotatable bonds is 4. The first-order valence-corrected chi connectivity index (χ1v) is 8.91. The lowest BCUT2D eigenvalue weighted by Gasteiger charge is -2.22. The van der Waals surface area contributed by atoms with Crippen LogP contribution in [0, 0.1) is 5.92 Å². The van der Waals surface area contributed by atoms with Crippen molar-refractivity contribution in [1.29, 1.82) is 0 Å². The Bertz CT molecular complexity index is 551. The van der Waals surface area contributed by atoms with Crippen LogP contribution in [0.25, 0.3) is 0 Å². The molecule has 1 aliphatic rings. The van der Waals surface area contributed by atoms with Gasteiger partial charge in [0.2, 0.25) is 0 Å². The van der Waals surface area contributed by atoms with E-state index < -0.39 is 9.84 Å². The van der Waals surface area contributed by atoms with Gasteiger partial charge in [-0.3, -0.25) is 0 Å². The number of nitrogens with one attached hydrogen (secondary N) is 1. The van der Waals surface area contributed by atoms with E-state index in [0.717, 1.165) is 0 Å². The van der Waals surface area contributed by atoms with Gasteiger partial charge >= 0.3 is 0 Å². The van der Waals surface area contributed by atoms with Crippen LogP contribution in [-0.4, -0.2) is 20.7 Å². The van der Waals surface area contributed by atoms with Gasteiger partial charge in [0.05, 0.1) is 15.6 Å². The summed E-state index contributed by atoms with van der Waals surface area (Å²) in [6, 6.07) is 5.13. The van der Waals surface area contributed by atoms with Gasteiger partial charge in [0.1, 0.15) is 0 Å². The highest BCUT2D eigenvalue weighted by Gasteiger charge is 2.22. The largest absolute Gasteiger partial charge is 0.381 e. The van der Waals surface area contributed by atoms with Gasteiger partial charge in [0.15, 0.2) is 9.84 Å². The highest BCUT2D eigenvalue weighted by Crippen LogP contribution is 2.32. The zero-order valence-corrected chi connectivity index (χ0v) is 12.9. The summed E-state index contributed by atoms with van der Waals surface area (Å²) in [5.74, 6) is 0.651. The van der Waals surface area contributed by atoms with Crippen molar-refractivity contribution in [1.82, 2.24) is 0 Å². The van der Waals surface area contributed by atoms with E-state index in [4.69, 9.17) is 11.6 Å². The second-order valence-electron chi connectivity index (χ2n) is 5.39. The van der Waals surface area contributed by atoms with Crippen LogP contribution in [0.1, 0.15) is 32.6 Å². The fourth-order valence-corrected chi connectivity index (χ4v) is 3.49. The second kappa shape index (κ2) is 5.71. The van der Waals surface area contributed by atoms with Crippen molar-refractivity contribution < 1.29 is 8.42 Å². The van der Waals surface area contributed by atoms with Crippen molar-refractivity contribution in [2.24, 2.45) is 5.92 Å². The summed E-state index contributed by atoms with van der Waals surface area (Å²) in [4.78, 5) is 0.304. The molecule has 1 atom stereocenters. The summed E-state index contributed by atoms with van der Waals surface area (Å²) < 4.78 is 23.1. The first-order chi connectivity index (χ1) is 8.88. The Labute approximate surface area is 120 Å². The van der Waals surface area contributed by atoms with E-state index in [0.29, 0.717) is 27.6 Å². The maximum absolute atomic E-state index is 11.6. The average molecular weight is 302 g/mol. The second-order valence-corrected chi connectivity index (χ2v) is 7.81. The zero-order valence-electron chi connectivity index (χ0n) is 11.3. The number of hydrogen-bond acceptors (Lipinski definition) is 3. The molecule has 0 amide bonds. The topological polar surface area (TPSA) is 46.2 Å². The van der Waals surface area contributed by atoms with Crippen LogP contribution < -0.4 is 5.32 Å². The SMILES string of the molecule is CC(Nc1cc(S(C)(=O)=O)ccc1Cl)C1CCCC1. The third kappa shape index (κ3) is 3.63. The van der Waals surface area contributed by atoms with Gasteiger partial charge in [0, 0.05) is 12.3 Å². The van der Waals surface area contributed by atoms with E-state index >= 15 is 0 Å². The molecule has 0 aromatic heterocycles. The Morgan fingerprint density at radius 2 is 1.95 bits per heavy atom. The Kier molecular flexibility index (Phi) is 4.41. The molecule has 0 bridgehead atoms. The molecule has 5 heteroatoms. The molecule has 1 aromatic rings. The van der Waals surface area contributed by atoms with Crippen LogP contribution in [-0.2, 0) is 9.84 Å². The van der Waals surface area contributed by atoms with Crippen LogP contribution in [0.5, 0.6) is 0 Å². The van der Waals surface area contributed by atoms with Gasteiger partial charge in [0.25, 0.3) is 0 Å². The Morgan fingerprint density at radius 3 is 2.53 bits per heavy atom. The van der Waals surface area contributed by atoms with Crippen LogP contribution in [0.2, 0.25) is 5.02 Å². The highest BCUT2D eigenvalue weighted by atomic mass is 35.5. The number of hydrogen-bond donors (Lipinski definition) is 1. The molecule has 1 aromatic carbocycles. The van der Waals surface area contributed by atoms with E-state index in [-0.39, 0.29) is 0 Å². The molecule has 0 spiro atoms. The molecule has 1 saturated carbocycles. The molecule has 0 heterocycles. The summed E-state index contributed by atoms with van der Waals surface area (Å²) in [7, 11) is -3.20. The minimum absolute atomic E-state index is 0.304. The molecule has 1 N–H and O–H groups in total. The maximum atomic E-state index is 11.6. The average Bonchev–Trinajstić information content (AvgIpc) is 2.84. The minimum Gasteiger partial charge on any atom is -0.381 e. The predicted octanol–water partition coefficient (Wildman–Crippen LogP) is 3.73. The molecule has 0 aliphatic heterocycles. The van der Waals surface area contributed by atoms with Gasteiger partial charge in [-0.1, -0.05) is 24.4 Å². The third-order valence-electron chi connectivity index (χ3n) is 3.86. The van der Waals surface area contributed by atoms with Crippen molar-refractivity contribution >= 4 is 27.1 Å². The first-order valence-electron chi connectivity index (χ1n) is 6.64. The molecule has 106 valence electrons. The Balaban J connectivity index is 2.19. The lowest BCUT2D eigenvalue weighted by Crippen LogP contribution is -2.24. The van der Waals surface area contributed by atoms with Gasteiger partial charge in [-0.2, -0.15) is 0 Å². The Hall–Kier alpha value is -0.740. The highest BCUT2D eigenvalue weighted by molar-refractivity contribution is 7.90. The molecule has 0 radical (unpaired) electrons. The van der Waals surface area contributed by atoms with Gasteiger partial charge in [-0.05, 0) is 43.9 Å². The molecule has 2 rings (SSSR count). The fourth-order valence-electron chi connectivity index (χ4n) is 2.67. The fraction of sp³-hybridized carbons (Fsp3) is 0.571. The summed E-state index contributed by atoms with van der Waals surface area (Å²) in [5, 5.41) is 3.94. The minimum atomic E-state index is -3.20. The van der Waals surface area contributed by atoms with E-state index in [2.05, 4.69) is 12.2 Å². The quantitative estimate of drug-likeness (QED) is 0.921. The molecule has 3 nitrogen and oxygen atoms in total. The van der Waals surface area contributed by atoms with Crippen LogP contribution in [0.15, 0.2) is 23.1 Å². The normalized spacial score (nSPS) is 18.5. The molecule has 1 unspecified atom stereocenters.